The number of anilines is 1. The van der Waals surface area contributed by atoms with E-state index in [9.17, 15) is 0 Å². The molecule has 1 unspecified atom stereocenters. The molecule has 0 bridgehead atoms. The van der Waals surface area contributed by atoms with E-state index in [2.05, 4.69) is 70.0 Å². The molecule has 0 aliphatic rings. The molecule has 26 heavy (non-hydrogen) atoms. The number of hydrogen-bond donors (Lipinski definition) is 1. The highest BCUT2D eigenvalue weighted by atomic mass is 32.2. The van der Waals surface area contributed by atoms with E-state index in [4.69, 9.17) is 5.73 Å². The lowest BCUT2D eigenvalue weighted by atomic mass is 10.1. The molecule has 3 nitrogen and oxygen atoms in total. The van der Waals surface area contributed by atoms with Crippen molar-refractivity contribution < 1.29 is 0 Å². The quantitative estimate of drug-likeness (QED) is 0.413. The summed E-state index contributed by atoms with van der Waals surface area (Å²) in [4.78, 5) is 4.18. The van der Waals surface area contributed by atoms with E-state index in [0.29, 0.717) is 5.25 Å². The van der Waals surface area contributed by atoms with E-state index < -0.39 is 0 Å². The number of nitrogens with zero attached hydrogens (tertiary/aromatic N) is 2. The summed E-state index contributed by atoms with van der Waals surface area (Å²) in [6.07, 6.45) is 10.5. The molecule has 0 amide bonds. The molecule has 0 radical (unpaired) electrons. The topological polar surface area (TPSA) is 43.8 Å². The van der Waals surface area contributed by atoms with Crippen LogP contribution in [0.1, 0.15) is 24.0 Å². The Morgan fingerprint density at radius 1 is 0.962 bits per heavy atom. The Kier molecular flexibility index (Phi) is 7.20. The number of imidazole rings is 1. The third-order valence-corrected chi connectivity index (χ3v) is 5.90. The van der Waals surface area contributed by atoms with Gasteiger partial charge in [0.05, 0.1) is 6.33 Å². The molecular formula is C22H27N3S. The van der Waals surface area contributed by atoms with Gasteiger partial charge in [-0.3, -0.25) is 0 Å². The smallest absolute Gasteiger partial charge is 0.0946 e. The lowest BCUT2D eigenvalue weighted by Gasteiger charge is -2.17. The molecule has 3 rings (SSSR count). The van der Waals surface area contributed by atoms with Crippen LogP contribution in [0, 0.1) is 0 Å². The summed E-state index contributed by atoms with van der Waals surface area (Å²) in [6, 6.07) is 19.0. The third-order valence-electron chi connectivity index (χ3n) is 4.51. The van der Waals surface area contributed by atoms with Gasteiger partial charge in [0.2, 0.25) is 0 Å². The summed E-state index contributed by atoms with van der Waals surface area (Å²) in [6.45, 7) is 1.03. The number of hydrogen-bond acceptors (Lipinski definition) is 3. The molecule has 1 heterocycles. The molecule has 0 saturated heterocycles. The van der Waals surface area contributed by atoms with Gasteiger partial charge >= 0.3 is 0 Å². The number of benzene rings is 2. The fourth-order valence-electron chi connectivity index (χ4n) is 3.04. The van der Waals surface area contributed by atoms with Gasteiger partial charge in [0.25, 0.3) is 0 Å². The number of thioether (sulfide) groups is 1. The SMILES string of the molecule is Nc1ccc(CCCSC(CCc2ccccc2)Cn2ccnc2)cc1. The van der Waals surface area contributed by atoms with Crippen LogP contribution in [0.25, 0.3) is 0 Å². The van der Waals surface area contributed by atoms with E-state index in [1.54, 1.807) is 0 Å². The lowest BCUT2D eigenvalue weighted by molar-refractivity contribution is 0.623. The lowest BCUT2D eigenvalue weighted by Crippen LogP contribution is -2.14. The van der Waals surface area contributed by atoms with Crippen molar-refractivity contribution >= 4 is 17.4 Å². The molecule has 1 aromatic heterocycles. The van der Waals surface area contributed by atoms with Crippen LogP contribution in [0.4, 0.5) is 5.69 Å². The van der Waals surface area contributed by atoms with Crippen molar-refractivity contribution in [1.29, 1.82) is 0 Å². The average molecular weight is 366 g/mol. The Morgan fingerprint density at radius 3 is 2.46 bits per heavy atom. The number of rotatable bonds is 10. The first-order valence-corrected chi connectivity index (χ1v) is 10.3. The van der Waals surface area contributed by atoms with Crippen LogP contribution in [0.3, 0.4) is 0 Å². The highest BCUT2D eigenvalue weighted by molar-refractivity contribution is 7.99. The molecule has 1 atom stereocenters. The van der Waals surface area contributed by atoms with E-state index in [1.807, 2.05) is 24.7 Å². The summed E-state index contributed by atoms with van der Waals surface area (Å²) in [5, 5.41) is 0.607. The molecule has 4 heteroatoms. The van der Waals surface area contributed by atoms with Crippen LogP contribution in [-0.4, -0.2) is 20.6 Å². The summed E-state index contributed by atoms with van der Waals surface area (Å²) in [5.41, 5.74) is 9.39. The van der Waals surface area contributed by atoms with Crippen LogP contribution >= 0.6 is 11.8 Å². The predicted octanol–water partition coefficient (Wildman–Crippen LogP) is 4.83. The van der Waals surface area contributed by atoms with E-state index in [0.717, 1.165) is 25.1 Å². The van der Waals surface area contributed by atoms with Crippen LogP contribution in [0.15, 0.2) is 73.3 Å². The monoisotopic (exact) mass is 365 g/mol. The van der Waals surface area contributed by atoms with Gasteiger partial charge in [-0.2, -0.15) is 11.8 Å². The summed E-state index contributed by atoms with van der Waals surface area (Å²) in [7, 11) is 0. The van der Waals surface area contributed by atoms with Crippen LogP contribution in [0.5, 0.6) is 0 Å². The Labute approximate surface area is 160 Å². The van der Waals surface area contributed by atoms with Gasteiger partial charge in [-0.1, -0.05) is 42.5 Å². The van der Waals surface area contributed by atoms with Crippen molar-refractivity contribution in [2.75, 3.05) is 11.5 Å². The van der Waals surface area contributed by atoms with Gasteiger partial charge in [0.15, 0.2) is 0 Å². The van der Waals surface area contributed by atoms with Crippen molar-refractivity contribution in [3.63, 3.8) is 0 Å². The van der Waals surface area contributed by atoms with Gasteiger partial charge in [-0.15, -0.1) is 0 Å². The van der Waals surface area contributed by atoms with Gasteiger partial charge in [-0.25, -0.2) is 4.98 Å². The maximum absolute atomic E-state index is 5.76. The highest BCUT2D eigenvalue weighted by Gasteiger charge is 2.10. The molecule has 3 aromatic rings. The maximum atomic E-state index is 5.76. The van der Waals surface area contributed by atoms with Gasteiger partial charge in [0, 0.05) is 29.9 Å². The Balaban J connectivity index is 1.47. The zero-order chi connectivity index (χ0) is 18.0. The van der Waals surface area contributed by atoms with Crippen molar-refractivity contribution in [2.24, 2.45) is 0 Å². The molecule has 0 fully saturated rings. The molecule has 0 saturated carbocycles. The predicted molar refractivity (Wildman–Crippen MR) is 112 cm³/mol. The van der Waals surface area contributed by atoms with Gasteiger partial charge in [-0.05, 0) is 54.7 Å². The first-order valence-electron chi connectivity index (χ1n) is 9.25. The molecular weight excluding hydrogens is 338 g/mol. The second-order valence-electron chi connectivity index (χ2n) is 6.62. The average Bonchev–Trinajstić information content (AvgIpc) is 3.18. The highest BCUT2D eigenvalue weighted by Crippen LogP contribution is 2.21. The largest absolute Gasteiger partial charge is 0.399 e. The standard InChI is InChI=1S/C22H27N3S/c23-21-11-8-20(9-12-21)7-4-16-26-22(17-25-15-14-24-18-25)13-10-19-5-2-1-3-6-19/h1-3,5-6,8-9,11-12,14-15,18,22H,4,7,10,13,16-17,23H2. The van der Waals surface area contributed by atoms with Crippen molar-refractivity contribution in [2.45, 2.75) is 37.5 Å². The molecule has 0 aliphatic heterocycles. The maximum Gasteiger partial charge on any atom is 0.0946 e. The van der Waals surface area contributed by atoms with Crippen LogP contribution in [0.2, 0.25) is 0 Å². The Morgan fingerprint density at radius 2 is 1.73 bits per heavy atom. The third kappa shape index (κ3) is 6.26. The van der Waals surface area contributed by atoms with Crippen molar-refractivity contribution in [1.82, 2.24) is 9.55 Å². The normalized spacial score (nSPS) is 12.2. The second-order valence-corrected chi connectivity index (χ2v) is 8.03. The number of aromatic nitrogens is 2. The van der Waals surface area contributed by atoms with Gasteiger partial charge in [0.1, 0.15) is 0 Å². The fourth-order valence-corrected chi connectivity index (χ4v) is 4.25. The molecule has 2 N–H and O–H groups in total. The first kappa shape index (κ1) is 18.6. The zero-order valence-corrected chi connectivity index (χ0v) is 15.9. The fraction of sp³-hybridized carbons (Fsp3) is 0.318. The number of aryl methyl sites for hydroxylation is 2. The summed E-state index contributed by atoms with van der Waals surface area (Å²) < 4.78 is 2.20. The minimum absolute atomic E-state index is 0.607. The van der Waals surface area contributed by atoms with Crippen molar-refractivity contribution in [3.8, 4) is 0 Å². The zero-order valence-electron chi connectivity index (χ0n) is 15.1. The second kappa shape index (κ2) is 10.1. The van der Waals surface area contributed by atoms with E-state index >= 15 is 0 Å². The molecule has 0 aliphatic carbocycles. The minimum atomic E-state index is 0.607. The first-order chi connectivity index (χ1) is 12.8. The van der Waals surface area contributed by atoms with E-state index in [-0.39, 0.29) is 0 Å². The Hall–Kier alpha value is -2.20. The van der Waals surface area contributed by atoms with Crippen LogP contribution < -0.4 is 5.73 Å². The Bertz CT molecular complexity index is 739. The molecule has 2 aromatic carbocycles. The van der Waals surface area contributed by atoms with Gasteiger partial charge < -0.3 is 10.3 Å². The number of nitrogen functional groups attached to an aromatic ring is 1. The minimum Gasteiger partial charge on any atom is -0.399 e. The molecule has 136 valence electrons. The summed E-state index contributed by atoms with van der Waals surface area (Å²) >= 11 is 2.09. The molecule has 0 spiro atoms. The summed E-state index contributed by atoms with van der Waals surface area (Å²) in [5.74, 6) is 1.18. The van der Waals surface area contributed by atoms with Crippen molar-refractivity contribution in [3.05, 3.63) is 84.4 Å². The number of nitrogens with two attached hydrogens (primary N) is 1. The van der Waals surface area contributed by atoms with E-state index in [1.165, 1.54) is 29.7 Å². The van der Waals surface area contributed by atoms with Crippen LogP contribution in [-0.2, 0) is 19.4 Å².